The van der Waals surface area contributed by atoms with E-state index >= 15 is 0 Å². The average Bonchev–Trinajstić information content (AvgIpc) is 3.01. The van der Waals surface area contributed by atoms with E-state index in [4.69, 9.17) is 4.74 Å². The van der Waals surface area contributed by atoms with E-state index in [-0.39, 0.29) is 43.8 Å². The van der Waals surface area contributed by atoms with Crippen LogP contribution in [0.5, 0.6) is 0 Å². The number of carbonyl (C=O) groups excluding carboxylic acids is 2. The number of para-hydroxylation sites is 2. The van der Waals surface area contributed by atoms with Gasteiger partial charge in [0.25, 0.3) is 0 Å². The van der Waals surface area contributed by atoms with Crippen LogP contribution in [0.3, 0.4) is 0 Å². The summed E-state index contributed by atoms with van der Waals surface area (Å²) in [5.74, 6) is -1.55. The highest BCUT2D eigenvalue weighted by molar-refractivity contribution is 5.81. The van der Waals surface area contributed by atoms with E-state index in [1.807, 2.05) is 0 Å². The fourth-order valence-electron chi connectivity index (χ4n) is 3.04. The van der Waals surface area contributed by atoms with Crippen LogP contribution in [0.2, 0.25) is 0 Å². The van der Waals surface area contributed by atoms with Crippen molar-refractivity contribution in [2.75, 3.05) is 32.8 Å². The third-order valence-electron chi connectivity index (χ3n) is 4.36. The number of aromatic nitrogens is 2. The number of hydrogen-bond acceptors (Lipinski definition) is 4. The van der Waals surface area contributed by atoms with Crippen molar-refractivity contribution in [1.82, 2.24) is 19.4 Å². The Labute approximate surface area is 153 Å². The van der Waals surface area contributed by atoms with Gasteiger partial charge in [0, 0.05) is 26.2 Å². The first-order valence-electron chi connectivity index (χ1n) is 8.53. The van der Waals surface area contributed by atoms with Crippen LogP contribution in [0, 0.1) is 0 Å². The van der Waals surface area contributed by atoms with Crippen molar-refractivity contribution in [3.8, 4) is 0 Å². The highest BCUT2D eigenvalue weighted by Crippen LogP contribution is 2.31. The van der Waals surface area contributed by atoms with E-state index in [0.29, 0.717) is 0 Å². The maximum absolute atomic E-state index is 13.3. The molecule has 0 aliphatic carbocycles. The number of piperazine rings is 1. The number of rotatable bonds is 3. The SMILES string of the molecule is CCOC(=O)N1CCN(C(=O)Cn2c(C(F)(F)F)nc3ccccc32)CC1. The van der Waals surface area contributed by atoms with Crippen LogP contribution >= 0.6 is 0 Å². The van der Waals surface area contributed by atoms with Crippen molar-refractivity contribution in [1.29, 1.82) is 0 Å². The largest absolute Gasteiger partial charge is 0.450 e. The van der Waals surface area contributed by atoms with Gasteiger partial charge in [0.15, 0.2) is 0 Å². The van der Waals surface area contributed by atoms with Gasteiger partial charge in [0.2, 0.25) is 11.7 Å². The summed E-state index contributed by atoms with van der Waals surface area (Å²) in [5, 5.41) is 0. The Morgan fingerprint density at radius 3 is 2.37 bits per heavy atom. The average molecular weight is 384 g/mol. The first kappa shape index (κ1) is 19.0. The van der Waals surface area contributed by atoms with E-state index in [9.17, 15) is 22.8 Å². The van der Waals surface area contributed by atoms with Gasteiger partial charge in [-0.05, 0) is 19.1 Å². The Hall–Kier alpha value is -2.78. The molecular formula is C17H19F3N4O3. The summed E-state index contributed by atoms with van der Waals surface area (Å²) in [5.41, 5.74) is 0.438. The number of ether oxygens (including phenoxy) is 1. The molecule has 7 nitrogen and oxygen atoms in total. The molecule has 0 spiro atoms. The Morgan fingerprint density at radius 2 is 1.74 bits per heavy atom. The summed E-state index contributed by atoms with van der Waals surface area (Å²) in [7, 11) is 0. The monoisotopic (exact) mass is 384 g/mol. The molecule has 0 saturated carbocycles. The van der Waals surface area contributed by atoms with Crippen LogP contribution in [0.15, 0.2) is 24.3 Å². The minimum absolute atomic E-state index is 0.185. The minimum Gasteiger partial charge on any atom is -0.450 e. The van der Waals surface area contributed by atoms with Crippen molar-refractivity contribution < 1.29 is 27.5 Å². The molecule has 1 aromatic heterocycles. The van der Waals surface area contributed by atoms with Crippen molar-refractivity contribution in [2.24, 2.45) is 0 Å². The zero-order valence-electron chi connectivity index (χ0n) is 14.7. The lowest BCUT2D eigenvalue weighted by atomic mass is 10.3. The molecule has 146 valence electrons. The molecule has 0 bridgehead atoms. The van der Waals surface area contributed by atoms with Gasteiger partial charge in [-0.1, -0.05) is 12.1 Å². The molecule has 1 aromatic carbocycles. The zero-order chi connectivity index (χ0) is 19.6. The number of carbonyl (C=O) groups is 2. The van der Waals surface area contributed by atoms with Gasteiger partial charge in [0.05, 0.1) is 17.6 Å². The first-order chi connectivity index (χ1) is 12.8. The number of imidazole rings is 1. The third-order valence-corrected chi connectivity index (χ3v) is 4.36. The highest BCUT2D eigenvalue weighted by Gasteiger charge is 2.38. The lowest BCUT2D eigenvalue weighted by Crippen LogP contribution is -2.51. The van der Waals surface area contributed by atoms with E-state index < -0.39 is 30.5 Å². The molecule has 1 saturated heterocycles. The maximum Gasteiger partial charge on any atom is 0.449 e. The number of amides is 2. The maximum atomic E-state index is 13.3. The van der Waals surface area contributed by atoms with Crippen LogP contribution in [0.1, 0.15) is 12.7 Å². The normalized spacial score (nSPS) is 15.3. The standard InChI is InChI=1S/C17H19F3N4O3/c1-2-27-16(26)23-9-7-22(8-10-23)14(25)11-24-13-6-4-3-5-12(13)21-15(24)17(18,19)20/h3-6H,2,7-11H2,1H3. The first-order valence-corrected chi connectivity index (χ1v) is 8.53. The van der Waals surface area contributed by atoms with Crippen LogP contribution in [-0.2, 0) is 22.3 Å². The highest BCUT2D eigenvalue weighted by atomic mass is 19.4. The van der Waals surface area contributed by atoms with Crippen LogP contribution in [-0.4, -0.2) is 64.1 Å². The number of fused-ring (bicyclic) bond motifs is 1. The Kier molecular flexibility index (Phi) is 5.24. The molecule has 0 radical (unpaired) electrons. The number of nitrogens with zero attached hydrogens (tertiary/aromatic N) is 4. The molecule has 2 heterocycles. The van der Waals surface area contributed by atoms with E-state index in [0.717, 1.165) is 4.57 Å². The smallest absolute Gasteiger partial charge is 0.449 e. The Morgan fingerprint density at radius 1 is 1.11 bits per heavy atom. The molecule has 2 aromatic rings. The van der Waals surface area contributed by atoms with Gasteiger partial charge in [-0.3, -0.25) is 4.79 Å². The van der Waals surface area contributed by atoms with Crippen molar-refractivity contribution >= 4 is 23.0 Å². The third kappa shape index (κ3) is 3.99. The zero-order valence-corrected chi connectivity index (χ0v) is 14.7. The summed E-state index contributed by atoms with van der Waals surface area (Å²) in [6, 6.07) is 6.17. The van der Waals surface area contributed by atoms with Crippen molar-refractivity contribution in [2.45, 2.75) is 19.6 Å². The summed E-state index contributed by atoms with van der Waals surface area (Å²) >= 11 is 0. The predicted molar refractivity (Wildman–Crippen MR) is 89.9 cm³/mol. The topological polar surface area (TPSA) is 67.7 Å². The summed E-state index contributed by atoms with van der Waals surface area (Å²) < 4.78 is 45.8. The Balaban J connectivity index is 1.74. The molecular weight excluding hydrogens is 365 g/mol. The fraction of sp³-hybridized carbons (Fsp3) is 0.471. The Bertz CT molecular complexity index is 842. The second kappa shape index (κ2) is 7.45. The van der Waals surface area contributed by atoms with Gasteiger partial charge >= 0.3 is 12.3 Å². The van der Waals surface area contributed by atoms with Crippen molar-refractivity contribution in [3.05, 3.63) is 30.1 Å². The van der Waals surface area contributed by atoms with E-state index in [1.54, 1.807) is 19.1 Å². The number of alkyl halides is 3. The molecule has 0 N–H and O–H groups in total. The van der Waals surface area contributed by atoms with E-state index in [1.165, 1.54) is 21.9 Å². The van der Waals surface area contributed by atoms with Crippen molar-refractivity contribution in [3.63, 3.8) is 0 Å². The van der Waals surface area contributed by atoms with Gasteiger partial charge in [-0.2, -0.15) is 13.2 Å². The molecule has 2 amide bonds. The summed E-state index contributed by atoms with van der Waals surface area (Å²) in [6.07, 6.45) is -5.12. The molecule has 1 fully saturated rings. The number of halogens is 3. The van der Waals surface area contributed by atoms with Crippen LogP contribution in [0.25, 0.3) is 11.0 Å². The van der Waals surface area contributed by atoms with Gasteiger partial charge < -0.3 is 19.1 Å². The second-order valence-corrected chi connectivity index (χ2v) is 6.07. The molecule has 1 aliphatic heterocycles. The van der Waals surface area contributed by atoms with Crippen LogP contribution in [0.4, 0.5) is 18.0 Å². The van der Waals surface area contributed by atoms with E-state index in [2.05, 4.69) is 4.98 Å². The fourth-order valence-corrected chi connectivity index (χ4v) is 3.04. The van der Waals surface area contributed by atoms with Crippen LogP contribution < -0.4 is 0 Å². The second-order valence-electron chi connectivity index (χ2n) is 6.07. The molecule has 3 rings (SSSR count). The number of hydrogen-bond donors (Lipinski definition) is 0. The summed E-state index contributed by atoms with van der Waals surface area (Å²) in [4.78, 5) is 30.8. The van der Waals surface area contributed by atoms with Gasteiger partial charge in [-0.25, -0.2) is 9.78 Å². The molecule has 0 unspecified atom stereocenters. The molecule has 0 atom stereocenters. The van der Waals surface area contributed by atoms with Gasteiger partial charge in [0.1, 0.15) is 6.54 Å². The summed E-state index contributed by atoms with van der Waals surface area (Å²) in [6.45, 7) is 2.53. The molecule has 10 heteroatoms. The predicted octanol–water partition coefficient (Wildman–Crippen LogP) is 2.36. The quantitative estimate of drug-likeness (QED) is 0.815. The molecule has 27 heavy (non-hydrogen) atoms. The lowest BCUT2D eigenvalue weighted by molar-refractivity contribution is -0.148. The lowest BCUT2D eigenvalue weighted by Gasteiger charge is -2.34. The molecule has 1 aliphatic rings. The minimum atomic E-state index is -4.66. The number of benzene rings is 1. The van der Waals surface area contributed by atoms with Gasteiger partial charge in [-0.15, -0.1) is 0 Å².